The average molecular weight is 451 g/mol. The van der Waals surface area contributed by atoms with Crippen LogP contribution in [0.5, 0.6) is 11.5 Å². The van der Waals surface area contributed by atoms with Crippen LogP contribution in [0.2, 0.25) is 0 Å². The molecule has 4 aromatic rings. The van der Waals surface area contributed by atoms with Crippen molar-refractivity contribution >= 4 is 28.0 Å². The Bertz CT molecular complexity index is 1400. The highest BCUT2D eigenvalue weighted by molar-refractivity contribution is 7.15. The van der Waals surface area contributed by atoms with Gasteiger partial charge in [0.2, 0.25) is 5.91 Å². The second-order valence-electron chi connectivity index (χ2n) is 7.37. The molecule has 0 saturated heterocycles. The summed E-state index contributed by atoms with van der Waals surface area (Å²) in [6, 6.07) is 11.5. The molecule has 0 radical (unpaired) electrons. The van der Waals surface area contributed by atoms with Crippen molar-refractivity contribution in [2.45, 2.75) is 18.9 Å². The molecule has 1 unspecified atom stereocenters. The van der Waals surface area contributed by atoms with E-state index in [1.165, 1.54) is 30.6 Å². The monoisotopic (exact) mass is 451 g/mol. The highest BCUT2D eigenvalue weighted by Gasteiger charge is 2.32. The summed E-state index contributed by atoms with van der Waals surface area (Å²) < 4.78 is 26.5. The second kappa shape index (κ2) is 8.08. The molecule has 1 aliphatic heterocycles. The number of hydrogen-bond acceptors (Lipinski definition) is 6. The summed E-state index contributed by atoms with van der Waals surface area (Å²) in [7, 11) is 1.51. The lowest BCUT2D eigenvalue weighted by Gasteiger charge is -2.26. The highest BCUT2D eigenvalue weighted by Crippen LogP contribution is 2.39. The van der Waals surface area contributed by atoms with Gasteiger partial charge < -0.3 is 14.8 Å². The molecule has 0 fully saturated rings. The van der Waals surface area contributed by atoms with Gasteiger partial charge in [0.25, 0.3) is 5.56 Å². The summed E-state index contributed by atoms with van der Waals surface area (Å²) in [6.07, 6.45) is 1.89. The summed E-state index contributed by atoms with van der Waals surface area (Å²) in [5.41, 5.74) is 1.51. The fourth-order valence-corrected chi connectivity index (χ4v) is 4.61. The van der Waals surface area contributed by atoms with Gasteiger partial charge in [0.15, 0.2) is 16.5 Å². The summed E-state index contributed by atoms with van der Waals surface area (Å²) in [5.74, 6) is 0.399. The van der Waals surface area contributed by atoms with Crippen LogP contribution >= 0.6 is 11.3 Å². The van der Waals surface area contributed by atoms with Gasteiger partial charge in [-0.2, -0.15) is 4.98 Å². The Hall–Kier alpha value is -3.72. The molecule has 0 saturated carbocycles. The minimum Gasteiger partial charge on any atom is -0.493 e. The van der Waals surface area contributed by atoms with E-state index in [1.807, 2.05) is 5.38 Å². The zero-order chi connectivity index (χ0) is 22.2. The number of halogens is 1. The lowest BCUT2D eigenvalue weighted by atomic mass is 9.86. The molecule has 2 aromatic heterocycles. The standard InChI is InChI=1S/C23H18FN3O4S/c1-30-18-10-14(5-6-17(18)31-12-13-3-2-4-15(24)9-13)16-11-19(28)25-21-20(16)22(29)26-23-27(21)7-8-32-23/h2-10,16H,11-12H2,1H3,(H,25,28). The molecular weight excluding hydrogens is 433 g/mol. The zero-order valence-corrected chi connectivity index (χ0v) is 17.8. The number of aromatic nitrogens is 2. The van der Waals surface area contributed by atoms with Crippen LogP contribution in [0, 0.1) is 5.82 Å². The van der Waals surface area contributed by atoms with Crippen molar-refractivity contribution in [3.05, 3.63) is 86.9 Å². The maximum Gasteiger partial charge on any atom is 0.279 e. The number of amides is 1. The number of fused-ring (bicyclic) bond motifs is 3. The number of carbonyl (C=O) groups excluding carboxylic acids is 1. The van der Waals surface area contributed by atoms with E-state index < -0.39 is 5.92 Å². The maximum atomic E-state index is 13.4. The van der Waals surface area contributed by atoms with Gasteiger partial charge in [-0.25, -0.2) is 4.39 Å². The smallest absolute Gasteiger partial charge is 0.279 e. The quantitative estimate of drug-likeness (QED) is 0.497. The average Bonchev–Trinajstić information content (AvgIpc) is 3.25. The first-order valence-electron chi connectivity index (χ1n) is 9.88. The van der Waals surface area contributed by atoms with Crippen LogP contribution in [-0.2, 0) is 11.4 Å². The third kappa shape index (κ3) is 3.60. The number of anilines is 1. The summed E-state index contributed by atoms with van der Waals surface area (Å²) >= 11 is 1.33. The van der Waals surface area contributed by atoms with Gasteiger partial charge in [-0.05, 0) is 35.4 Å². The third-order valence-electron chi connectivity index (χ3n) is 5.38. The molecule has 32 heavy (non-hydrogen) atoms. The molecule has 9 heteroatoms. The van der Waals surface area contributed by atoms with Crippen molar-refractivity contribution in [2.75, 3.05) is 12.4 Å². The Labute approximate surface area is 186 Å². The van der Waals surface area contributed by atoms with E-state index in [9.17, 15) is 14.0 Å². The van der Waals surface area contributed by atoms with E-state index in [0.29, 0.717) is 33.4 Å². The van der Waals surface area contributed by atoms with Crippen molar-refractivity contribution in [1.82, 2.24) is 9.38 Å². The lowest BCUT2D eigenvalue weighted by molar-refractivity contribution is -0.116. The van der Waals surface area contributed by atoms with Crippen molar-refractivity contribution in [3.63, 3.8) is 0 Å². The summed E-state index contributed by atoms with van der Waals surface area (Å²) in [6.45, 7) is 0.170. The second-order valence-corrected chi connectivity index (χ2v) is 8.24. The van der Waals surface area contributed by atoms with E-state index in [2.05, 4.69) is 10.3 Å². The molecule has 7 nitrogen and oxygen atoms in total. The highest BCUT2D eigenvalue weighted by atomic mass is 32.1. The summed E-state index contributed by atoms with van der Waals surface area (Å²) in [4.78, 5) is 30.0. The first-order valence-corrected chi connectivity index (χ1v) is 10.8. The first-order chi connectivity index (χ1) is 15.5. The molecule has 0 aliphatic carbocycles. The van der Waals surface area contributed by atoms with E-state index >= 15 is 0 Å². The van der Waals surface area contributed by atoms with Crippen molar-refractivity contribution in [1.29, 1.82) is 0 Å². The van der Waals surface area contributed by atoms with E-state index in [-0.39, 0.29) is 30.3 Å². The minimum atomic E-state index is -0.471. The number of methoxy groups -OCH3 is 1. The molecule has 2 aromatic carbocycles. The Morgan fingerprint density at radius 3 is 2.91 bits per heavy atom. The zero-order valence-electron chi connectivity index (χ0n) is 17.0. The van der Waals surface area contributed by atoms with Gasteiger partial charge in [-0.3, -0.25) is 14.0 Å². The number of carbonyl (C=O) groups is 1. The van der Waals surface area contributed by atoms with Gasteiger partial charge in [0.1, 0.15) is 18.2 Å². The first kappa shape index (κ1) is 20.2. The number of nitrogens with zero attached hydrogens (tertiary/aromatic N) is 2. The van der Waals surface area contributed by atoms with E-state index in [4.69, 9.17) is 9.47 Å². The molecule has 5 rings (SSSR count). The summed E-state index contributed by atoms with van der Waals surface area (Å²) in [5, 5.41) is 4.63. The molecule has 1 amide bonds. The van der Waals surface area contributed by atoms with E-state index in [0.717, 1.165) is 5.56 Å². The SMILES string of the molecule is COc1cc(C2CC(=O)Nc3c2c(=O)nc2sccn32)ccc1OCc1cccc(F)c1. The largest absolute Gasteiger partial charge is 0.493 e. The van der Waals surface area contributed by atoms with Crippen molar-refractivity contribution < 1.29 is 18.7 Å². The predicted octanol–water partition coefficient (Wildman–Crippen LogP) is 3.96. The molecule has 3 heterocycles. The molecule has 1 aliphatic rings. The number of thiazole rings is 1. The maximum absolute atomic E-state index is 13.4. The number of rotatable bonds is 5. The van der Waals surface area contributed by atoms with Gasteiger partial charge in [-0.15, -0.1) is 11.3 Å². The lowest BCUT2D eigenvalue weighted by Crippen LogP contribution is -2.31. The molecular formula is C23H18FN3O4S. The van der Waals surface area contributed by atoms with Crippen molar-refractivity contribution in [3.8, 4) is 11.5 Å². The van der Waals surface area contributed by atoms with E-state index in [1.54, 1.807) is 40.9 Å². The van der Waals surface area contributed by atoms with Crippen molar-refractivity contribution in [2.24, 2.45) is 0 Å². The minimum absolute atomic E-state index is 0.118. The van der Waals surface area contributed by atoms with Crippen LogP contribution in [0.4, 0.5) is 10.2 Å². The molecule has 0 spiro atoms. The third-order valence-corrected chi connectivity index (χ3v) is 6.14. The van der Waals surface area contributed by atoms with Crippen LogP contribution in [-0.4, -0.2) is 22.4 Å². The van der Waals surface area contributed by atoms with Gasteiger partial charge >= 0.3 is 0 Å². The number of hydrogen-bond donors (Lipinski definition) is 1. The number of ether oxygens (including phenoxy) is 2. The number of benzene rings is 2. The Balaban J connectivity index is 1.50. The fourth-order valence-electron chi connectivity index (χ4n) is 3.91. The van der Waals surface area contributed by atoms with Crippen LogP contribution in [0.1, 0.15) is 29.0 Å². The number of nitrogens with one attached hydrogen (secondary N) is 1. The Morgan fingerprint density at radius 2 is 2.09 bits per heavy atom. The van der Waals surface area contributed by atoms with Crippen LogP contribution in [0.15, 0.2) is 58.8 Å². The Kier molecular flexibility index (Phi) is 5.10. The van der Waals surface area contributed by atoms with Crippen LogP contribution < -0.4 is 20.3 Å². The fraction of sp³-hybridized carbons (Fsp3) is 0.174. The Morgan fingerprint density at radius 1 is 1.22 bits per heavy atom. The van der Waals surface area contributed by atoms with Crippen LogP contribution in [0.25, 0.3) is 4.96 Å². The van der Waals surface area contributed by atoms with Gasteiger partial charge in [0.05, 0.1) is 12.7 Å². The van der Waals surface area contributed by atoms with Gasteiger partial charge in [-0.1, -0.05) is 18.2 Å². The normalized spacial score (nSPS) is 15.3. The van der Waals surface area contributed by atoms with Crippen LogP contribution in [0.3, 0.4) is 0 Å². The molecule has 1 atom stereocenters. The molecule has 0 bridgehead atoms. The molecule has 1 N–H and O–H groups in total. The molecule has 162 valence electrons. The van der Waals surface area contributed by atoms with Gasteiger partial charge in [0, 0.05) is 23.9 Å². The predicted molar refractivity (Wildman–Crippen MR) is 118 cm³/mol. The topological polar surface area (TPSA) is 81.9 Å².